The van der Waals surface area contributed by atoms with E-state index in [1.54, 1.807) is 31.2 Å². The van der Waals surface area contributed by atoms with Crippen molar-refractivity contribution >= 4 is 16.0 Å². The lowest BCUT2D eigenvalue weighted by Gasteiger charge is -2.27. The minimum atomic E-state index is -3.73. The van der Waals surface area contributed by atoms with Gasteiger partial charge in [-0.05, 0) is 38.0 Å². The molecular formula is C18H24N2O4S. The van der Waals surface area contributed by atoms with Gasteiger partial charge in [0.05, 0.1) is 17.5 Å². The van der Waals surface area contributed by atoms with Gasteiger partial charge < -0.3 is 10.5 Å². The van der Waals surface area contributed by atoms with Gasteiger partial charge in [-0.2, -0.15) is 4.31 Å². The predicted molar refractivity (Wildman–Crippen MR) is 96.1 cm³/mol. The van der Waals surface area contributed by atoms with Crippen LogP contribution in [0.3, 0.4) is 0 Å². The number of esters is 1. The first-order chi connectivity index (χ1) is 11.8. The number of ether oxygens (including phenoxy) is 1. The smallest absolute Gasteiger partial charge is 0.332 e. The summed E-state index contributed by atoms with van der Waals surface area (Å²) >= 11 is 0. The van der Waals surface area contributed by atoms with Gasteiger partial charge in [0.25, 0.3) is 0 Å². The molecule has 2 rings (SSSR count). The van der Waals surface area contributed by atoms with Crippen LogP contribution in [0.1, 0.15) is 25.8 Å². The van der Waals surface area contributed by atoms with Gasteiger partial charge in [0.15, 0.2) is 0 Å². The third-order valence-corrected chi connectivity index (χ3v) is 5.94. The molecule has 6 nitrogen and oxygen atoms in total. The number of carbonyl (C=O) groups is 1. The molecule has 0 saturated heterocycles. The number of rotatable bonds is 6. The molecule has 1 atom stereocenters. The summed E-state index contributed by atoms with van der Waals surface area (Å²) in [5, 5.41) is 0. The van der Waals surface area contributed by atoms with Gasteiger partial charge in [0, 0.05) is 18.3 Å². The monoisotopic (exact) mass is 364 g/mol. The van der Waals surface area contributed by atoms with Crippen molar-refractivity contribution in [2.45, 2.75) is 38.1 Å². The molecule has 0 amide bonds. The van der Waals surface area contributed by atoms with E-state index in [9.17, 15) is 13.2 Å². The average molecular weight is 364 g/mol. The van der Waals surface area contributed by atoms with Crippen LogP contribution in [-0.2, 0) is 19.6 Å². The van der Waals surface area contributed by atoms with Crippen molar-refractivity contribution in [1.82, 2.24) is 4.31 Å². The lowest BCUT2D eigenvalue weighted by Crippen LogP contribution is -2.41. The Morgan fingerprint density at radius 1 is 1.32 bits per heavy atom. The van der Waals surface area contributed by atoms with Gasteiger partial charge in [0.1, 0.15) is 0 Å². The van der Waals surface area contributed by atoms with Crippen molar-refractivity contribution < 1.29 is 17.9 Å². The highest BCUT2D eigenvalue weighted by Crippen LogP contribution is 2.31. The number of carbonyl (C=O) groups excluding carboxylic acids is 1. The second kappa shape index (κ2) is 7.84. The Labute approximate surface area is 149 Å². The number of benzene rings is 1. The molecule has 0 radical (unpaired) electrons. The van der Waals surface area contributed by atoms with Crippen molar-refractivity contribution in [2.75, 3.05) is 13.2 Å². The molecule has 1 aliphatic rings. The fourth-order valence-corrected chi connectivity index (χ4v) is 4.36. The Hall–Kier alpha value is -2.12. The maximum absolute atomic E-state index is 13.0. The van der Waals surface area contributed by atoms with Crippen LogP contribution in [0.15, 0.2) is 52.6 Å². The Bertz CT molecular complexity index is 795. The highest BCUT2D eigenvalue weighted by atomic mass is 32.2. The van der Waals surface area contributed by atoms with Gasteiger partial charge in [-0.15, -0.1) is 0 Å². The quantitative estimate of drug-likeness (QED) is 0.474. The fourth-order valence-electron chi connectivity index (χ4n) is 2.81. The van der Waals surface area contributed by atoms with Crippen LogP contribution in [0.25, 0.3) is 0 Å². The first-order valence-corrected chi connectivity index (χ1v) is 9.66. The van der Waals surface area contributed by atoms with E-state index in [1.165, 1.54) is 10.4 Å². The molecule has 1 heterocycles. The minimum absolute atomic E-state index is 0.166. The molecule has 0 saturated carbocycles. The second-order valence-corrected chi connectivity index (χ2v) is 7.71. The van der Waals surface area contributed by atoms with Gasteiger partial charge in [-0.1, -0.05) is 30.7 Å². The second-order valence-electron chi connectivity index (χ2n) is 5.82. The van der Waals surface area contributed by atoms with Crippen molar-refractivity contribution in [3.63, 3.8) is 0 Å². The largest absolute Gasteiger partial charge is 0.463 e. The molecule has 2 N–H and O–H groups in total. The number of aryl methyl sites for hydroxylation is 1. The number of sulfonamides is 1. The molecule has 1 aliphatic heterocycles. The van der Waals surface area contributed by atoms with E-state index < -0.39 is 22.0 Å². The van der Waals surface area contributed by atoms with Crippen LogP contribution < -0.4 is 5.73 Å². The molecule has 25 heavy (non-hydrogen) atoms. The van der Waals surface area contributed by atoms with Gasteiger partial charge in [-0.3, -0.25) is 0 Å². The summed E-state index contributed by atoms with van der Waals surface area (Å²) in [6.07, 6.45) is 3.66. The van der Waals surface area contributed by atoms with Crippen molar-refractivity contribution in [2.24, 2.45) is 5.73 Å². The van der Waals surface area contributed by atoms with Crippen molar-refractivity contribution in [1.29, 1.82) is 0 Å². The van der Waals surface area contributed by atoms with E-state index in [0.717, 1.165) is 11.1 Å². The van der Waals surface area contributed by atoms with Crippen LogP contribution in [0.2, 0.25) is 0 Å². The average Bonchev–Trinajstić information content (AvgIpc) is 3.00. The molecule has 0 bridgehead atoms. The SMILES string of the molecule is CCOC(=O)/C=C(\N)C1C(CC)=CCN1S(=O)(=O)c1ccc(C)cc1. The van der Waals surface area contributed by atoms with E-state index in [2.05, 4.69) is 0 Å². The summed E-state index contributed by atoms with van der Waals surface area (Å²) in [5.74, 6) is -0.574. The van der Waals surface area contributed by atoms with Gasteiger partial charge >= 0.3 is 5.97 Å². The Kier molecular flexibility index (Phi) is 6.02. The molecule has 0 aliphatic carbocycles. The minimum Gasteiger partial charge on any atom is -0.463 e. The van der Waals surface area contributed by atoms with E-state index >= 15 is 0 Å². The normalized spacial score (nSPS) is 18.9. The Balaban J connectivity index is 2.39. The number of hydrogen-bond donors (Lipinski definition) is 1. The van der Waals surface area contributed by atoms with Crippen LogP contribution in [0, 0.1) is 6.92 Å². The molecule has 0 fully saturated rings. The molecule has 1 aromatic rings. The lowest BCUT2D eigenvalue weighted by molar-refractivity contribution is -0.137. The first-order valence-electron chi connectivity index (χ1n) is 8.22. The van der Waals surface area contributed by atoms with E-state index in [4.69, 9.17) is 10.5 Å². The predicted octanol–water partition coefficient (Wildman–Crippen LogP) is 2.11. The third-order valence-electron chi connectivity index (χ3n) is 4.10. The summed E-state index contributed by atoms with van der Waals surface area (Å²) in [7, 11) is -3.73. The van der Waals surface area contributed by atoms with Crippen LogP contribution in [-0.4, -0.2) is 37.9 Å². The molecule has 7 heteroatoms. The lowest BCUT2D eigenvalue weighted by atomic mass is 10.0. The summed E-state index contributed by atoms with van der Waals surface area (Å²) < 4.78 is 32.3. The highest BCUT2D eigenvalue weighted by molar-refractivity contribution is 7.89. The highest BCUT2D eigenvalue weighted by Gasteiger charge is 2.37. The molecular weight excluding hydrogens is 340 g/mol. The Morgan fingerprint density at radius 2 is 1.96 bits per heavy atom. The number of nitrogens with zero attached hydrogens (tertiary/aromatic N) is 1. The summed E-state index contributed by atoms with van der Waals surface area (Å²) in [5.41, 5.74) is 8.09. The standard InChI is InChI=1S/C18H24N2O4S/c1-4-14-10-11-20(18(14)16(19)12-17(21)24-5-2)25(22,23)15-8-6-13(3)7-9-15/h6-10,12,18H,4-5,11,19H2,1-3H3/b16-12-. The zero-order valence-electron chi connectivity index (χ0n) is 14.7. The molecule has 1 aromatic carbocycles. The van der Waals surface area contributed by atoms with Crippen LogP contribution in [0.5, 0.6) is 0 Å². The summed E-state index contributed by atoms with van der Waals surface area (Å²) in [6, 6.07) is 6.00. The van der Waals surface area contributed by atoms with Gasteiger partial charge in [0.2, 0.25) is 10.0 Å². The van der Waals surface area contributed by atoms with Crippen molar-refractivity contribution in [3.8, 4) is 0 Å². The van der Waals surface area contributed by atoms with E-state index in [-0.39, 0.29) is 23.7 Å². The molecule has 136 valence electrons. The fraction of sp³-hybridized carbons (Fsp3) is 0.389. The number of hydrogen-bond acceptors (Lipinski definition) is 5. The van der Waals surface area contributed by atoms with Crippen LogP contribution >= 0.6 is 0 Å². The molecule has 0 aromatic heterocycles. The third kappa shape index (κ3) is 4.11. The maximum Gasteiger partial charge on any atom is 0.332 e. The molecule has 0 spiro atoms. The van der Waals surface area contributed by atoms with E-state index in [0.29, 0.717) is 6.42 Å². The number of nitrogens with two attached hydrogens (primary N) is 1. The van der Waals surface area contributed by atoms with E-state index in [1.807, 2.05) is 19.9 Å². The van der Waals surface area contributed by atoms with Gasteiger partial charge in [-0.25, -0.2) is 13.2 Å². The summed E-state index contributed by atoms with van der Waals surface area (Å²) in [4.78, 5) is 11.9. The zero-order valence-corrected chi connectivity index (χ0v) is 15.5. The van der Waals surface area contributed by atoms with Crippen molar-refractivity contribution in [3.05, 3.63) is 53.3 Å². The summed E-state index contributed by atoms with van der Waals surface area (Å²) in [6.45, 7) is 5.98. The van der Waals surface area contributed by atoms with Crippen LogP contribution in [0.4, 0.5) is 0 Å². The first kappa shape index (κ1) is 19.2. The maximum atomic E-state index is 13.0. The topological polar surface area (TPSA) is 89.7 Å². The molecule has 1 unspecified atom stereocenters. The Morgan fingerprint density at radius 3 is 2.52 bits per heavy atom. The zero-order chi connectivity index (χ0) is 18.6.